The van der Waals surface area contributed by atoms with Crippen LogP contribution < -0.4 is 5.32 Å². The largest absolute Gasteiger partial charge is 0.477 e. The average Bonchev–Trinajstić information content (AvgIpc) is 3.34. The van der Waals surface area contributed by atoms with Crippen LogP contribution in [0.3, 0.4) is 0 Å². The van der Waals surface area contributed by atoms with Crippen molar-refractivity contribution < 1.29 is 19.2 Å². The highest BCUT2D eigenvalue weighted by molar-refractivity contribution is 7.13. The number of nitrogens with one attached hydrogen (secondary N) is 1. The first-order valence-electron chi connectivity index (χ1n) is 8.94. The first kappa shape index (κ1) is 19.8. The molecule has 1 amide bonds. The summed E-state index contributed by atoms with van der Waals surface area (Å²) in [6, 6.07) is 11.2. The Kier molecular flexibility index (Phi) is 6.20. The van der Waals surface area contributed by atoms with Crippen LogP contribution in [0.1, 0.15) is 52.2 Å². The highest BCUT2D eigenvalue weighted by Gasteiger charge is 2.12. The minimum absolute atomic E-state index is 0.161. The van der Waals surface area contributed by atoms with Crippen molar-refractivity contribution >= 4 is 23.2 Å². The summed E-state index contributed by atoms with van der Waals surface area (Å²) in [6.45, 7) is 4.57. The van der Waals surface area contributed by atoms with Crippen molar-refractivity contribution in [3.63, 3.8) is 0 Å². The van der Waals surface area contributed by atoms with Crippen molar-refractivity contribution in [2.75, 3.05) is 0 Å². The zero-order valence-corrected chi connectivity index (χ0v) is 16.5. The lowest BCUT2D eigenvalue weighted by molar-refractivity contribution is -0.121. The maximum absolute atomic E-state index is 12.0. The number of hydrogen-bond donors (Lipinski definition) is 2. The number of benzene rings is 1. The lowest BCUT2D eigenvalue weighted by Crippen LogP contribution is -2.22. The number of carboxylic acids is 1. The molecule has 0 unspecified atom stereocenters. The molecule has 0 aliphatic heterocycles. The molecule has 2 N–H and O–H groups in total. The Labute approximate surface area is 166 Å². The van der Waals surface area contributed by atoms with Crippen molar-refractivity contribution in [1.29, 1.82) is 0 Å². The summed E-state index contributed by atoms with van der Waals surface area (Å²) in [5.74, 6) is 0.242. The second-order valence-corrected chi connectivity index (χ2v) is 7.80. The van der Waals surface area contributed by atoms with Crippen LogP contribution in [0.5, 0.6) is 0 Å². The SMILES string of the molecule is CC(C)c1ccc(-c2noc(CCC(=O)NCc3ccc(C(=O)O)s3)n2)cc1. The molecule has 3 aromatic rings. The van der Waals surface area contributed by atoms with E-state index in [1.54, 1.807) is 6.07 Å². The Morgan fingerprint density at radius 3 is 2.57 bits per heavy atom. The monoisotopic (exact) mass is 399 g/mol. The Balaban J connectivity index is 1.49. The number of rotatable bonds is 8. The van der Waals surface area contributed by atoms with Gasteiger partial charge in [0.05, 0.1) is 6.54 Å². The van der Waals surface area contributed by atoms with Crippen LogP contribution in [0.15, 0.2) is 40.9 Å². The van der Waals surface area contributed by atoms with E-state index in [0.29, 0.717) is 30.6 Å². The number of carbonyl (C=O) groups excluding carboxylic acids is 1. The van der Waals surface area contributed by atoms with E-state index in [0.717, 1.165) is 21.8 Å². The molecule has 8 heteroatoms. The summed E-state index contributed by atoms with van der Waals surface area (Å²) in [7, 11) is 0. The summed E-state index contributed by atoms with van der Waals surface area (Å²) in [5, 5.41) is 15.7. The van der Waals surface area contributed by atoms with Gasteiger partial charge >= 0.3 is 5.97 Å². The summed E-state index contributed by atoms with van der Waals surface area (Å²) < 4.78 is 5.24. The Hall–Kier alpha value is -3.00. The average molecular weight is 399 g/mol. The van der Waals surface area contributed by atoms with Crippen molar-refractivity contribution in [2.45, 2.75) is 39.2 Å². The van der Waals surface area contributed by atoms with Crippen molar-refractivity contribution in [1.82, 2.24) is 15.5 Å². The molecule has 0 atom stereocenters. The number of carboxylic acid groups (broad SMARTS) is 1. The lowest BCUT2D eigenvalue weighted by atomic mass is 10.0. The van der Waals surface area contributed by atoms with E-state index < -0.39 is 5.97 Å². The number of hydrogen-bond acceptors (Lipinski definition) is 6. The standard InChI is InChI=1S/C20H21N3O4S/c1-12(2)13-3-5-14(6-4-13)19-22-18(27-23-19)10-9-17(24)21-11-15-7-8-16(28-15)20(25)26/h3-8,12H,9-11H2,1-2H3,(H,21,24)(H,25,26). The second kappa shape index (κ2) is 8.79. The van der Waals surface area contributed by atoms with E-state index in [1.807, 2.05) is 24.3 Å². The van der Waals surface area contributed by atoms with Gasteiger partial charge in [0.2, 0.25) is 17.6 Å². The lowest BCUT2D eigenvalue weighted by Gasteiger charge is -2.04. The van der Waals surface area contributed by atoms with Crippen LogP contribution >= 0.6 is 11.3 Å². The molecule has 0 saturated heterocycles. The molecule has 0 aliphatic carbocycles. The zero-order valence-electron chi connectivity index (χ0n) is 15.6. The van der Waals surface area contributed by atoms with Gasteiger partial charge in [-0.05, 0) is 23.6 Å². The number of carbonyl (C=O) groups is 2. The van der Waals surface area contributed by atoms with E-state index in [-0.39, 0.29) is 17.2 Å². The third-order valence-electron chi connectivity index (χ3n) is 4.20. The third-order valence-corrected chi connectivity index (χ3v) is 5.28. The Morgan fingerprint density at radius 2 is 1.93 bits per heavy atom. The molecule has 2 aromatic heterocycles. The van der Waals surface area contributed by atoms with Crippen molar-refractivity contribution in [3.8, 4) is 11.4 Å². The predicted molar refractivity (Wildman–Crippen MR) is 105 cm³/mol. The highest BCUT2D eigenvalue weighted by Crippen LogP contribution is 2.21. The maximum atomic E-state index is 12.0. The normalized spacial score (nSPS) is 11.0. The summed E-state index contributed by atoms with van der Waals surface area (Å²) in [6.07, 6.45) is 0.554. The maximum Gasteiger partial charge on any atom is 0.345 e. The zero-order chi connectivity index (χ0) is 20.1. The molecule has 0 saturated carbocycles. The van der Waals surface area contributed by atoms with Gasteiger partial charge < -0.3 is 14.9 Å². The van der Waals surface area contributed by atoms with E-state index in [4.69, 9.17) is 9.63 Å². The van der Waals surface area contributed by atoms with Crippen LogP contribution in [0.2, 0.25) is 0 Å². The molecule has 0 spiro atoms. The molecule has 0 bridgehead atoms. The minimum atomic E-state index is -0.964. The van der Waals surface area contributed by atoms with Gasteiger partial charge in [0.15, 0.2) is 0 Å². The molecule has 7 nitrogen and oxygen atoms in total. The predicted octanol–water partition coefficient (Wildman–Crippen LogP) is 3.87. The molecule has 3 rings (SSSR count). The Bertz CT molecular complexity index is 960. The van der Waals surface area contributed by atoms with Crippen molar-refractivity contribution in [3.05, 3.63) is 57.6 Å². The Morgan fingerprint density at radius 1 is 1.18 bits per heavy atom. The minimum Gasteiger partial charge on any atom is -0.477 e. The first-order valence-corrected chi connectivity index (χ1v) is 9.75. The number of aromatic carboxylic acids is 1. The fraction of sp³-hybridized carbons (Fsp3) is 0.300. The van der Waals surface area contributed by atoms with Gasteiger partial charge in [-0.2, -0.15) is 4.98 Å². The molecule has 0 radical (unpaired) electrons. The number of nitrogens with zero attached hydrogens (tertiary/aromatic N) is 2. The summed E-state index contributed by atoms with van der Waals surface area (Å²) in [5.41, 5.74) is 2.11. The van der Waals surface area contributed by atoms with Gasteiger partial charge in [0.25, 0.3) is 0 Å². The van der Waals surface area contributed by atoms with E-state index in [9.17, 15) is 9.59 Å². The van der Waals surface area contributed by atoms with Gasteiger partial charge in [-0.3, -0.25) is 4.79 Å². The number of aromatic nitrogens is 2. The quantitative estimate of drug-likeness (QED) is 0.596. The van der Waals surface area contributed by atoms with Gasteiger partial charge in [0, 0.05) is 23.3 Å². The fourth-order valence-electron chi connectivity index (χ4n) is 2.57. The van der Waals surface area contributed by atoms with E-state index in [1.165, 1.54) is 11.6 Å². The topological polar surface area (TPSA) is 105 Å². The van der Waals surface area contributed by atoms with Crippen LogP contribution in [-0.2, 0) is 17.8 Å². The molecular weight excluding hydrogens is 378 g/mol. The van der Waals surface area contributed by atoms with Crippen LogP contribution in [0.25, 0.3) is 11.4 Å². The number of aryl methyl sites for hydroxylation is 1. The fourth-order valence-corrected chi connectivity index (χ4v) is 3.36. The van der Waals surface area contributed by atoms with Gasteiger partial charge in [-0.15, -0.1) is 11.3 Å². The van der Waals surface area contributed by atoms with Gasteiger partial charge in [-0.25, -0.2) is 4.79 Å². The summed E-state index contributed by atoms with van der Waals surface area (Å²) in [4.78, 5) is 28.2. The van der Waals surface area contributed by atoms with E-state index >= 15 is 0 Å². The van der Waals surface area contributed by atoms with Crippen LogP contribution in [0.4, 0.5) is 0 Å². The van der Waals surface area contributed by atoms with Crippen molar-refractivity contribution in [2.24, 2.45) is 0 Å². The van der Waals surface area contributed by atoms with Crippen LogP contribution in [-0.4, -0.2) is 27.1 Å². The molecule has 28 heavy (non-hydrogen) atoms. The molecule has 0 fully saturated rings. The molecule has 1 aromatic carbocycles. The summed E-state index contributed by atoms with van der Waals surface area (Å²) >= 11 is 1.15. The first-order chi connectivity index (χ1) is 13.4. The van der Waals surface area contributed by atoms with Crippen LogP contribution in [0, 0.1) is 0 Å². The smallest absolute Gasteiger partial charge is 0.345 e. The number of thiophene rings is 1. The highest BCUT2D eigenvalue weighted by atomic mass is 32.1. The van der Waals surface area contributed by atoms with Gasteiger partial charge in [-0.1, -0.05) is 43.3 Å². The number of amides is 1. The second-order valence-electron chi connectivity index (χ2n) is 6.64. The van der Waals surface area contributed by atoms with E-state index in [2.05, 4.69) is 29.3 Å². The molecule has 2 heterocycles. The third kappa shape index (κ3) is 5.04. The van der Waals surface area contributed by atoms with Gasteiger partial charge in [0.1, 0.15) is 4.88 Å². The molecule has 146 valence electrons. The molecule has 0 aliphatic rings. The molecular formula is C20H21N3O4S.